The van der Waals surface area contributed by atoms with Crippen LogP contribution in [0.2, 0.25) is 0 Å². The van der Waals surface area contributed by atoms with Gasteiger partial charge in [-0.25, -0.2) is 27.9 Å². The van der Waals surface area contributed by atoms with Crippen LogP contribution in [0, 0.1) is 12.7 Å². The summed E-state index contributed by atoms with van der Waals surface area (Å²) < 4.78 is 38.8. The van der Waals surface area contributed by atoms with E-state index in [1.807, 2.05) is 6.92 Å². The molecule has 0 saturated carbocycles. The standard InChI is InChI=1S/C19H17FN6O2S/c1-12-8-15-16(6-3-7-17(15)29(21,27)28)26(12)19-24-11-23-18(25-19)22-10-13-4-2-5-14(20)9-13/h2-9,11H,10H2,1H3,(H2,21,27,28)(H,22,23,24,25). The van der Waals surface area contributed by atoms with Gasteiger partial charge in [0.25, 0.3) is 0 Å². The number of halogens is 1. The zero-order chi connectivity index (χ0) is 20.6. The summed E-state index contributed by atoms with van der Waals surface area (Å²) in [5.41, 5.74) is 2.09. The van der Waals surface area contributed by atoms with Gasteiger partial charge >= 0.3 is 0 Å². The van der Waals surface area contributed by atoms with Gasteiger partial charge in [0.05, 0.1) is 10.4 Å². The van der Waals surface area contributed by atoms with Gasteiger partial charge in [0.1, 0.15) is 12.1 Å². The molecule has 0 aliphatic carbocycles. The highest BCUT2D eigenvalue weighted by Gasteiger charge is 2.18. The topological polar surface area (TPSA) is 116 Å². The van der Waals surface area contributed by atoms with Gasteiger partial charge in [-0.2, -0.15) is 4.98 Å². The number of anilines is 1. The summed E-state index contributed by atoms with van der Waals surface area (Å²) in [5.74, 6) is 0.310. The van der Waals surface area contributed by atoms with Crippen molar-refractivity contribution in [1.29, 1.82) is 0 Å². The van der Waals surface area contributed by atoms with Gasteiger partial charge in [0, 0.05) is 17.6 Å². The predicted octanol–water partition coefficient (Wildman–Crippen LogP) is 2.52. The number of fused-ring (bicyclic) bond motifs is 1. The molecule has 0 radical (unpaired) electrons. The zero-order valence-corrected chi connectivity index (χ0v) is 16.2. The summed E-state index contributed by atoms with van der Waals surface area (Å²) in [4.78, 5) is 12.8. The van der Waals surface area contributed by atoms with Crippen molar-refractivity contribution in [2.75, 3.05) is 5.32 Å². The molecule has 0 unspecified atom stereocenters. The van der Waals surface area contributed by atoms with E-state index in [0.717, 1.165) is 11.3 Å². The Morgan fingerprint density at radius 2 is 1.93 bits per heavy atom. The average Bonchev–Trinajstić information content (AvgIpc) is 3.01. The van der Waals surface area contributed by atoms with Crippen molar-refractivity contribution in [3.05, 3.63) is 71.9 Å². The summed E-state index contributed by atoms with van der Waals surface area (Å²) >= 11 is 0. The summed E-state index contributed by atoms with van der Waals surface area (Å²) in [7, 11) is -3.88. The summed E-state index contributed by atoms with van der Waals surface area (Å²) in [6.07, 6.45) is 1.35. The van der Waals surface area contributed by atoms with Crippen LogP contribution in [0.3, 0.4) is 0 Å². The third kappa shape index (κ3) is 3.80. The number of primary sulfonamides is 1. The second-order valence-electron chi connectivity index (χ2n) is 6.45. The number of nitrogens with two attached hydrogens (primary N) is 1. The van der Waals surface area contributed by atoms with Crippen LogP contribution in [0.5, 0.6) is 0 Å². The minimum Gasteiger partial charge on any atom is -0.350 e. The number of sulfonamides is 1. The lowest BCUT2D eigenvalue weighted by molar-refractivity contribution is 0.598. The minimum absolute atomic E-state index is 0.0374. The Labute approximate surface area is 166 Å². The highest BCUT2D eigenvalue weighted by Crippen LogP contribution is 2.27. The number of benzene rings is 2. The van der Waals surface area contributed by atoms with E-state index < -0.39 is 10.0 Å². The van der Waals surface area contributed by atoms with Gasteiger partial charge in [0.2, 0.25) is 21.9 Å². The number of aromatic nitrogens is 4. The Morgan fingerprint density at radius 3 is 2.69 bits per heavy atom. The van der Waals surface area contributed by atoms with Crippen molar-refractivity contribution in [3.63, 3.8) is 0 Å². The van der Waals surface area contributed by atoms with Crippen molar-refractivity contribution in [3.8, 4) is 5.95 Å². The molecule has 3 N–H and O–H groups in total. The maximum atomic E-state index is 13.3. The highest BCUT2D eigenvalue weighted by molar-refractivity contribution is 7.89. The van der Waals surface area contributed by atoms with Gasteiger partial charge in [-0.15, -0.1) is 0 Å². The van der Waals surface area contributed by atoms with Gasteiger partial charge in [-0.3, -0.25) is 4.57 Å². The molecule has 0 aliphatic rings. The van der Waals surface area contributed by atoms with Gasteiger partial charge in [0.15, 0.2) is 0 Å². The quantitative estimate of drug-likeness (QED) is 0.520. The highest BCUT2D eigenvalue weighted by atomic mass is 32.2. The molecule has 4 aromatic rings. The minimum atomic E-state index is -3.88. The SMILES string of the molecule is Cc1cc2c(S(N)(=O)=O)cccc2n1-c1ncnc(NCc2cccc(F)c2)n1. The second kappa shape index (κ2) is 7.22. The van der Waals surface area contributed by atoms with E-state index in [4.69, 9.17) is 5.14 Å². The summed E-state index contributed by atoms with van der Waals surface area (Å²) in [6.45, 7) is 2.15. The molecule has 0 saturated heterocycles. The third-order valence-electron chi connectivity index (χ3n) is 4.40. The first-order valence-electron chi connectivity index (χ1n) is 8.64. The molecular formula is C19H17FN6O2S. The lowest BCUT2D eigenvalue weighted by Gasteiger charge is -2.09. The van der Waals surface area contributed by atoms with Crippen molar-refractivity contribution in [1.82, 2.24) is 19.5 Å². The first-order valence-corrected chi connectivity index (χ1v) is 10.2. The third-order valence-corrected chi connectivity index (χ3v) is 5.36. The number of nitrogens with zero attached hydrogens (tertiary/aromatic N) is 4. The summed E-state index contributed by atoms with van der Waals surface area (Å²) in [6, 6.07) is 12.8. The molecule has 29 heavy (non-hydrogen) atoms. The maximum Gasteiger partial charge on any atom is 0.239 e. The Kier molecular flexibility index (Phi) is 4.73. The van der Waals surface area contributed by atoms with Crippen molar-refractivity contribution in [2.45, 2.75) is 18.4 Å². The van der Waals surface area contributed by atoms with Crippen LogP contribution in [-0.4, -0.2) is 27.9 Å². The number of rotatable bonds is 5. The number of hydrogen-bond acceptors (Lipinski definition) is 6. The fourth-order valence-corrected chi connectivity index (χ4v) is 3.90. The Morgan fingerprint density at radius 1 is 1.14 bits per heavy atom. The van der Waals surface area contributed by atoms with E-state index in [0.29, 0.717) is 29.3 Å². The van der Waals surface area contributed by atoms with Crippen molar-refractivity contribution in [2.24, 2.45) is 5.14 Å². The van der Waals surface area contributed by atoms with Crippen LogP contribution < -0.4 is 10.5 Å². The molecule has 0 bridgehead atoms. The van der Waals surface area contributed by atoms with Gasteiger partial charge in [-0.05, 0) is 42.8 Å². The Hall–Kier alpha value is -3.37. The van der Waals surface area contributed by atoms with Crippen LogP contribution in [0.15, 0.2) is 59.8 Å². The number of aryl methyl sites for hydroxylation is 1. The lowest BCUT2D eigenvalue weighted by atomic mass is 10.2. The molecule has 8 nitrogen and oxygen atoms in total. The van der Waals surface area contributed by atoms with E-state index in [2.05, 4.69) is 20.3 Å². The second-order valence-corrected chi connectivity index (χ2v) is 7.98. The molecule has 0 atom stereocenters. The molecule has 4 rings (SSSR count). The molecule has 148 valence electrons. The van der Waals surface area contributed by atoms with Crippen LogP contribution >= 0.6 is 0 Å². The van der Waals surface area contributed by atoms with E-state index in [9.17, 15) is 12.8 Å². The normalized spacial score (nSPS) is 11.7. The Bertz CT molecular complexity index is 1320. The van der Waals surface area contributed by atoms with E-state index >= 15 is 0 Å². The number of nitrogens with one attached hydrogen (secondary N) is 1. The first-order chi connectivity index (χ1) is 13.8. The smallest absolute Gasteiger partial charge is 0.239 e. The van der Waals surface area contributed by atoms with Crippen LogP contribution in [0.4, 0.5) is 10.3 Å². The molecule has 0 spiro atoms. The van der Waals surface area contributed by atoms with Gasteiger partial charge in [-0.1, -0.05) is 18.2 Å². The van der Waals surface area contributed by atoms with Crippen LogP contribution in [-0.2, 0) is 16.6 Å². The largest absolute Gasteiger partial charge is 0.350 e. The molecule has 0 amide bonds. The predicted molar refractivity (Wildman–Crippen MR) is 106 cm³/mol. The molecular weight excluding hydrogens is 395 g/mol. The molecule has 2 aromatic carbocycles. The van der Waals surface area contributed by atoms with E-state index in [1.54, 1.807) is 34.9 Å². The molecule has 2 aromatic heterocycles. The maximum absolute atomic E-state index is 13.3. The zero-order valence-electron chi connectivity index (χ0n) is 15.4. The number of hydrogen-bond donors (Lipinski definition) is 2. The molecule has 2 heterocycles. The summed E-state index contributed by atoms with van der Waals surface area (Å²) in [5, 5.41) is 8.86. The van der Waals surface area contributed by atoms with Crippen molar-refractivity contribution >= 4 is 26.9 Å². The first kappa shape index (κ1) is 19.0. The fraction of sp³-hybridized carbons (Fsp3) is 0.105. The van der Waals surface area contributed by atoms with Crippen LogP contribution in [0.1, 0.15) is 11.3 Å². The Balaban J connectivity index is 1.72. The van der Waals surface area contributed by atoms with Crippen molar-refractivity contribution < 1.29 is 12.8 Å². The van der Waals surface area contributed by atoms with Crippen LogP contribution in [0.25, 0.3) is 16.9 Å². The van der Waals surface area contributed by atoms with E-state index in [-0.39, 0.29) is 10.7 Å². The fourth-order valence-electron chi connectivity index (χ4n) is 3.16. The lowest BCUT2D eigenvalue weighted by Crippen LogP contribution is -2.12. The van der Waals surface area contributed by atoms with E-state index in [1.165, 1.54) is 24.5 Å². The molecule has 0 aliphatic heterocycles. The van der Waals surface area contributed by atoms with Gasteiger partial charge < -0.3 is 5.32 Å². The average molecular weight is 412 g/mol. The molecule has 0 fully saturated rings. The molecule has 10 heteroatoms. The monoisotopic (exact) mass is 412 g/mol.